The number of ether oxygens (including phenoxy) is 1. The molecule has 0 amide bonds. The molecule has 0 heterocycles. The van der Waals surface area contributed by atoms with Gasteiger partial charge in [0.05, 0.1) is 13.3 Å². The first-order chi connectivity index (χ1) is 10.2. The Hall–Kier alpha value is -2.00. The first-order valence-electron chi connectivity index (χ1n) is 6.73. The summed E-state index contributed by atoms with van der Waals surface area (Å²) in [6.45, 7) is 2.53. The van der Waals surface area contributed by atoms with E-state index in [0.717, 1.165) is 28.3 Å². The summed E-state index contributed by atoms with van der Waals surface area (Å²) in [5, 5.41) is 4.72. The monoisotopic (exact) mass is 303 g/mol. The topological polar surface area (TPSA) is 30.8 Å². The van der Waals surface area contributed by atoms with Crippen molar-refractivity contribution in [2.45, 2.75) is 13.3 Å². The van der Waals surface area contributed by atoms with Crippen molar-refractivity contribution in [2.75, 3.05) is 13.7 Å². The lowest BCUT2D eigenvalue weighted by molar-refractivity contribution is 0.149. The summed E-state index contributed by atoms with van der Waals surface area (Å²) in [5.74, 6) is 0.857. The standard InChI is InChI=1S/C17H18ClNO2/c1-13-11-16(18)6-5-15(13)12-19-21-10-9-14-3-7-17(20-2)8-4-14/h3-8,11-12H,9-10H2,1-2H3/b19-12-. The summed E-state index contributed by atoms with van der Waals surface area (Å²) in [5.41, 5.74) is 3.27. The molecule has 2 rings (SSSR count). The van der Waals surface area contributed by atoms with E-state index >= 15 is 0 Å². The molecule has 0 N–H and O–H groups in total. The molecule has 0 saturated heterocycles. The molecule has 2 aromatic rings. The zero-order valence-corrected chi connectivity index (χ0v) is 12.9. The largest absolute Gasteiger partial charge is 0.497 e. The highest BCUT2D eigenvalue weighted by atomic mass is 35.5. The van der Waals surface area contributed by atoms with Gasteiger partial charge in [0, 0.05) is 11.4 Å². The summed E-state index contributed by atoms with van der Waals surface area (Å²) in [4.78, 5) is 5.29. The normalized spacial score (nSPS) is 10.8. The maximum absolute atomic E-state index is 5.91. The average Bonchev–Trinajstić information content (AvgIpc) is 2.49. The lowest BCUT2D eigenvalue weighted by Crippen LogP contribution is -1.95. The van der Waals surface area contributed by atoms with Crippen LogP contribution in [0.2, 0.25) is 5.02 Å². The van der Waals surface area contributed by atoms with Crippen LogP contribution in [0.4, 0.5) is 0 Å². The van der Waals surface area contributed by atoms with Crippen LogP contribution in [-0.2, 0) is 11.3 Å². The van der Waals surface area contributed by atoms with Gasteiger partial charge >= 0.3 is 0 Å². The van der Waals surface area contributed by atoms with Crippen LogP contribution in [0, 0.1) is 6.92 Å². The fourth-order valence-electron chi connectivity index (χ4n) is 1.89. The molecule has 0 unspecified atom stereocenters. The van der Waals surface area contributed by atoms with Crippen LogP contribution < -0.4 is 4.74 Å². The minimum Gasteiger partial charge on any atom is -0.497 e. The van der Waals surface area contributed by atoms with Gasteiger partial charge in [-0.1, -0.05) is 35.0 Å². The second kappa shape index (κ2) is 7.70. The molecule has 0 fully saturated rings. The number of nitrogens with zero attached hydrogens (tertiary/aromatic N) is 1. The van der Waals surface area contributed by atoms with Crippen LogP contribution in [0.25, 0.3) is 0 Å². The van der Waals surface area contributed by atoms with Crippen molar-refractivity contribution in [1.82, 2.24) is 0 Å². The molecule has 3 nitrogen and oxygen atoms in total. The fourth-order valence-corrected chi connectivity index (χ4v) is 2.11. The van der Waals surface area contributed by atoms with Crippen molar-refractivity contribution >= 4 is 17.8 Å². The summed E-state index contributed by atoms with van der Waals surface area (Å²) in [6.07, 6.45) is 2.51. The fraction of sp³-hybridized carbons (Fsp3) is 0.235. The van der Waals surface area contributed by atoms with Crippen LogP contribution in [0.1, 0.15) is 16.7 Å². The molecule has 0 spiro atoms. The molecule has 0 saturated carbocycles. The van der Waals surface area contributed by atoms with E-state index in [0.29, 0.717) is 6.61 Å². The van der Waals surface area contributed by atoms with E-state index in [2.05, 4.69) is 5.16 Å². The Bertz CT molecular complexity index is 609. The number of methoxy groups -OCH3 is 1. The first kappa shape index (κ1) is 15.4. The second-order valence-electron chi connectivity index (χ2n) is 4.67. The molecule has 0 aliphatic rings. The molecule has 0 aliphatic heterocycles. The molecule has 2 aromatic carbocycles. The minimum atomic E-state index is 0.537. The lowest BCUT2D eigenvalue weighted by Gasteiger charge is -2.03. The number of aryl methyl sites for hydroxylation is 1. The van der Waals surface area contributed by atoms with Gasteiger partial charge < -0.3 is 9.57 Å². The molecule has 0 atom stereocenters. The highest BCUT2D eigenvalue weighted by Crippen LogP contribution is 2.14. The van der Waals surface area contributed by atoms with Crippen molar-refractivity contribution in [3.63, 3.8) is 0 Å². The maximum atomic E-state index is 5.91. The van der Waals surface area contributed by atoms with Gasteiger partial charge in [-0.15, -0.1) is 0 Å². The highest BCUT2D eigenvalue weighted by Gasteiger charge is 1.97. The van der Waals surface area contributed by atoms with Crippen molar-refractivity contribution in [2.24, 2.45) is 5.16 Å². The lowest BCUT2D eigenvalue weighted by atomic mass is 10.1. The summed E-state index contributed by atoms with van der Waals surface area (Å²) >= 11 is 5.91. The van der Waals surface area contributed by atoms with Gasteiger partial charge in [0.25, 0.3) is 0 Å². The second-order valence-corrected chi connectivity index (χ2v) is 5.10. The predicted octanol–water partition coefficient (Wildman–Crippen LogP) is 4.25. The van der Waals surface area contributed by atoms with E-state index < -0.39 is 0 Å². The predicted molar refractivity (Wildman–Crippen MR) is 86.4 cm³/mol. The molecule has 21 heavy (non-hydrogen) atoms. The number of halogens is 1. The third-order valence-corrected chi connectivity index (χ3v) is 3.37. The Balaban J connectivity index is 1.79. The Morgan fingerprint density at radius 2 is 1.90 bits per heavy atom. The molecule has 0 bridgehead atoms. The number of benzene rings is 2. The van der Waals surface area contributed by atoms with Gasteiger partial charge in [0.1, 0.15) is 12.4 Å². The van der Waals surface area contributed by atoms with Crippen LogP contribution >= 0.6 is 11.6 Å². The van der Waals surface area contributed by atoms with Crippen LogP contribution in [0.5, 0.6) is 5.75 Å². The Morgan fingerprint density at radius 1 is 1.14 bits per heavy atom. The van der Waals surface area contributed by atoms with E-state index in [-0.39, 0.29) is 0 Å². The molecule has 4 heteroatoms. The van der Waals surface area contributed by atoms with Crippen molar-refractivity contribution in [1.29, 1.82) is 0 Å². The smallest absolute Gasteiger partial charge is 0.121 e. The van der Waals surface area contributed by atoms with Crippen LogP contribution in [0.3, 0.4) is 0 Å². The van der Waals surface area contributed by atoms with E-state index in [1.165, 1.54) is 5.56 Å². The molecular weight excluding hydrogens is 286 g/mol. The van der Waals surface area contributed by atoms with Gasteiger partial charge in [-0.3, -0.25) is 0 Å². The number of hydrogen-bond acceptors (Lipinski definition) is 3. The molecular formula is C17H18ClNO2. The molecule has 110 valence electrons. The SMILES string of the molecule is COc1ccc(CCO/N=C\c2ccc(Cl)cc2C)cc1. The van der Waals surface area contributed by atoms with Gasteiger partial charge in [0.15, 0.2) is 0 Å². The van der Waals surface area contributed by atoms with E-state index in [1.54, 1.807) is 13.3 Å². The summed E-state index contributed by atoms with van der Waals surface area (Å²) < 4.78 is 5.12. The number of rotatable bonds is 6. The highest BCUT2D eigenvalue weighted by molar-refractivity contribution is 6.30. The van der Waals surface area contributed by atoms with Crippen LogP contribution in [-0.4, -0.2) is 19.9 Å². The third-order valence-electron chi connectivity index (χ3n) is 3.14. The minimum absolute atomic E-state index is 0.537. The zero-order valence-electron chi connectivity index (χ0n) is 12.2. The average molecular weight is 304 g/mol. The van der Waals surface area contributed by atoms with E-state index in [1.807, 2.05) is 49.4 Å². The number of hydrogen-bond donors (Lipinski definition) is 0. The summed E-state index contributed by atoms with van der Waals surface area (Å²) in [6, 6.07) is 13.6. The van der Waals surface area contributed by atoms with Crippen LogP contribution in [0.15, 0.2) is 47.6 Å². The van der Waals surface area contributed by atoms with Gasteiger partial charge in [0.2, 0.25) is 0 Å². The van der Waals surface area contributed by atoms with Gasteiger partial charge in [-0.2, -0.15) is 0 Å². The van der Waals surface area contributed by atoms with Gasteiger partial charge in [-0.05, 0) is 47.9 Å². The first-order valence-corrected chi connectivity index (χ1v) is 7.11. The maximum Gasteiger partial charge on any atom is 0.121 e. The third kappa shape index (κ3) is 4.80. The molecule has 0 radical (unpaired) electrons. The Labute approximate surface area is 130 Å². The van der Waals surface area contributed by atoms with Crippen molar-refractivity contribution in [3.8, 4) is 5.75 Å². The number of oxime groups is 1. The molecule has 0 aliphatic carbocycles. The van der Waals surface area contributed by atoms with Gasteiger partial charge in [-0.25, -0.2) is 0 Å². The van der Waals surface area contributed by atoms with E-state index in [9.17, 15) is 0 Å². The quantitative estimate of drug-likeness (QED) is 0.454. The van der Waals surface area contributed by atoms with E-state index in [4.69, 9.17) is 21.2 Å². The summed E-state index contributed by atoms with van der Waals surface area (Å²) in [7, 11) is 1.66. The molecule has 0 aromatic heterocycles. The zero-order chi connectivity index (χ0) is 15.1. The Morgan fingerprint density at radius 3 is 2.57 bits per heavy atom. The Kier molecular flexibility index (Phi) is 5.64. The van der Waals surface area contributed by atoms with Crippen molar-refractivity contribution in [3.05, 3.63) is 64.2 Å². The van der Waals surface area contributed by atoms with Crippen molar-refractivity contribution < 1.29 is 9.57 Å².